The third-order valence-electron chi connectivity index (χ3n) is 2.36. The Hall–Kier alpha value is -0.910. The molecular formula is C10H9BrFNO2. The molecule has 1 aliphatic rings. The van der Waals surface area contributed by atoms with Crippen molar-refractivity contribution in [2.75, 3.05) is 6.61 Å². The van der Waals surface area contributed by atoms with E-state index in [0.29, 0.717) is 10.0 Å². The summed E-state index contributed by atoms with van der Waals surface area (Å²) in [6.45, 7) is -0.305. The van der Waals surface area contributed by atoms with Gasteiger partial charge in [-0.2, -0.15) is 0 Å². The van der Waals surface area contributed by atoms with Gasteiger partial charge < -0.3 is 15.6 Å². The molecule has 0 radical (unpaired) electrons. The monoisotopic (exact) mass is 273 g/mol. The van der Waals surface area contributed by atoms with Crippen molar-refractivity contribution in [2.24, 2.45) is 5.73 Å². The van der Waals surface area contributed by atoms with Gasteiger partial charge in [0.25, 0.3) is 0 Å². The van der Waals surface area contributed by atoms with Crippen LogP contribution in [0.4, 0.5) is 4.39 Å². The van der Waals surface area contributed by atoms with Crippen LogP contribution in [0.2, 0.25) is 0 Å². The summed E-state index contributed by atoms with van der Waals surface area (Å²) in [5.41, 5.74) is 5.25. The van der Waals surface area contributed by atoms with Gasteiger partial charge in [0.05, 0.1) is 22.9 Å². The topological polar surface area (TPSA) is 55.5 Å². The minimum Gasteiger partial charge on any atom is -0.462 e. The number of ether oxygens (including phenoxy) is 1. The van der Waals surface area contributed by atoms with Crippen molar-refractivity contribution < 1.29 is 14.2 Å². The highest BCUT2D eigenvalue weighted by Gasteiger charge is 2.32. The highest BCUT2D eigenvalue weighted by molar-refractivity contribution is 9.10. The third kappa shape index (κ3) is 1.56. The molecule has 1 atom stereocenters. The molecule has 1 aromatic carbocycles. The van der Waals surface area contributed by atoms with Crippen molar-refractivity contribution in [3.63, 3.8) is 0 Å². The van der Waals surface area contributed by atoms with Gasteiger partial charge in [0.15, 0.2) is 11.6 Å². The quantitative estimate of drug-likeness (QED) is 0.818. The summed E-state index contributed by atoms with van der Waals surface area (Å²) in [6, 6.07) is 3.16. The van der Waals surface area contributed by atoms with E-state index in [1.807, 2.05) is 0 Å². The predicted octanol–water partition coefficient (Wildman–Crippen LogP) is 1.64. The number of nitrogens with two attached hydrogens (primary N) is 1. The third-order valence-corrected chi connectivity index (χ3v) is 2.98. The predicted molar refractivity (Wildman–Crippen MR) is 56.8 cm³/mol. The lowest BCUT2D eigenvalue weighted by molar-refractivity contribution is 0.217. The second kappa shape index (κ2) is 3.59. The maximum Gasteiger partial charge on any atom is 0.180 e. The van der Waals surface area contributed by atoms with E-state index in [-0.39, 0.29) is 12.4 Å². The number of aliphatic hydroxyl groups is 1. The molecule has 1 unspecified atom stereocenters. The van der Waals surface area contributed by atoms with Gasteiger partial charge >= 0.3 is 0 Å². The molecule has 2 rings (SSSR count). The molecule has 15 heavy (non-hydrogen) atoms. The molecule has 3 N–H and O–H groups in total. The van der Waals surface area contributed by atoms with Crippen LogP contribution in [0.3, 0.4) is 0 Å². The maximum absolute atomic E-state index is 13.6. The lowest BCUT2D eigenvalue weighted by atomic mass is 9.90. The normalized spacial score (nSPS) is 23.5. The van der Waals surface area contributed by atoms with Gasteiger partial charge in [0.2, 0.25) is 0 Å². The molecule has 5 heteroatoms. The van der Waals surface area contributed by atoms with Crippen LogP contribution < -0.4 is 10.5 Å². The molecule has 1 aromatic rings. The first-order chi connectivity index (χ1) is 7.08. The Balaban J connectivity index is 2.64. The summed E-state index contributed by atoms with van der Waals surface area (Å²) >= 11 is 3.05. The highest BCUT2D eigenvalue weighted by Crippen LogP contribution is 2.37. The molecular weight excluding hydrogens is 265 g/mol. The fourth-order valence-corrected chi connectivity index (χ4v) is 1.78. The number of fused-ring (bicyclic) bond motifs is 1. The van der Waals surface area contributed by atoms with E-state index in [1.54, 1.807) is 6.07 Å². The molecule has 0 spiro atoms. The summed E-state index contributed by atoms with van der Waals surface area (Å²) < 4.78 is 19.0. The number of halogens is 2. The molecule has 0 aliphatic carbocycles. The van der Waals surface area contributed by atoms with Crippen molar-refractivity contribution >= 4 is 15.9 Å². The number of aliphatic hydroxyl groups excluding tert-OH is 1. The van der Waals surface area contributed by atoms with E-state index < -0.39 is 11.4 Å². The van der Waals surface area contributed by atoms with Gasteiger partial charge in [-0.25, -0.2) is 4.39 Å². The van der Waals surface area contributed by atoms with E-state index in [4.69, 9.17) is 10.5 Å². The largest absolute Gasteiger partial charge is 0.462 e. The second-order valence-corrected chi connectivity index (χ2v) is 4.21. The second-order valence-electron chi connectivity index (χ2n) is 3.36. The molecule has 0 aromatic heterocycles. The van der Waals surface area contributed by atoms with Gasteiger partial charge in [-0.3, -0.25) is 0 Å². The van der Waals surface area contributed by atoms with Gasteiger partial charge in [0.1, 0.15) is 0 Å². The Morgan fingerprint density at radius 2 is 2.27 bits per heavy atom. The van der Waals surface area contributed by atoms with Crippen LogP contribution in [0.1, 0.15) is 5.56 Å². The van der Waals surface area contributed by atoms with Crippen LogP contribution in [-0.2, 0) is 5.54 Å². The first-order valence-corrected chi connectivity index (χ1v) is 5.10. The van der Waals surface area contributed by atoms with Crippen LogP contribution in [0.15, 0.2) is 28.9 Å². The van der Waals surface area contributed by atoms with Gasteiger partial charge in [-0.05, 0) is 28.1 Å². The molecule has 0 fully saturated rings. The summed E-state index contributed by atoms with van der Waals surface area (Å²) in [5, 5.41) is 9.19. The van der Waals surface area contributed by atoms with Crippen LogP contribution in [-0.4, -0.2) is 11.7 Å². The van der Waals surface area contributed by atoms with E-state index in [2.05, 4.69) is 15.9 Å². The van der Waals surface area contributed by atoms with Crippen molar-refractivity contribution in [1.82, 2.24) is 0 Å². The molecule has 0 saturated heterocycles. The van der Waals surface area contributed by atoms with Gasteiger partial charge in [-0.1, -0.05) is 6.07 Å². The summed E-state index contributed by atoms with van der Waals surface area (Å²) in [5.74, 6) is -0.455. The van der Waals surface area contributed by atoms with Crippen molar-refractivity contribution in [2.45, 2.75) is 5.54 Å². The SMILES string of the molecule is NC1(CO)C=COc2c1ccc(Br)c2F. The Morgan fingerprint density at radius 3 is 2.93 bits per heavy atom. The molecule has 80 valence electrons. The number of rotatable bonds is 1. The summed E-state index contributed by atoms with van der Waals surface area (Å²) in [4.78, 5) is 0. The minimum atomic E-state index is -1.07. The Bertz CT molecular complexity index is 436. The fourth-order valence-electron chi connectivity index (χ4n) is 1.46. The minimum absolute atomic E-state index is 0.0587. The Labute approximate surface area is 94.5 Å². The van der Waals surface area contributed by atoms with E-state index >= 15 is 0 Å². The van der Waals surface area contributed by atoms with Crippen LogP contribution in [0.25, 0.3) is 0 Å². The van der Waals surface area contributed by atoms with Crippen molar-refractivity contribution in [3.8, 4) is 5.75 Å². The zero-order valence-corrected chi connectivity index (χ0v) is 9.29. The fraction of sp³-hybridized carbons (Fsp3) is 0.200. The molecule has 0 bridgehead atoms. The smallest absolute Gasteiger partial charge is 0.180 e. The summed E-state index contributed by atoms with van der Waals surface area (Å²) in [6.07, 6.45) is 2.79. The zero-order chi connectivity index (χ0) is 11.1. The number of hydrogen-bond donors (Lipinski definition) is 2. The molecule has 3 nitrogen and oxygen atoms in total. The molecule has 1 aliphatic heterocycles. The zero-order valence-electron chi connectivity index (χ0n) is 7.71. The number of hydrogen-bond acceptors (Lipinski definition) is 3. The van der Waals surface area contributed by atoms with Gasteiger partial charge in [0, 0.05) is 5.56 Å². The first-order valence-electron chi connectivity index (χ1n) is 4.31. The average Bonchev–Trinajstić information content (AvgIpc) is 2.24. The molecule has 0 saturated carbocycles. The van der Waals surface area contributed by atoms with E-state index in [1.165, 1.54) is 18.4 Å². The number of benzene rings is 1. The van der Waals surface area contributed by atoms with Crippen LogP contribution in [0.5, 0.6) is 5.75 Å². The average molecular weight is 274 g/mol. The van der Waals surface area contributed by atoms with Crippen molar-refractivity contribution in [3.05, 3.63) is 40.3 Å². The Morgan fingerprint density at radius 1 is 1.53 bits per heavy atom. The lowest BCUT2D eigenvalue weighted by Crippen LogP contribution is -2.40. The molecule has 0 amide bonds. The van der Waals surface area contributed by atoms with Gasteiger partial charge in [-0.15, -0.1) is 0 Å². The Kier molecular flexibility index (Phi) is 2.54. The van der Waals surface area contributed by atoms with E-state index in [0.717, 1.165) is 0 Å². The van der Waals surface area contributed by atoms with Crippen LogP contribution in [0, 0.1) is 5.82 Å². The maximum atomic E-state index is 13.6. The highest BCUT2D eigenvalue weighted by atomic mass is 79.9. The lowest BCUT2D eigenvalue weighted by Gasteiger charge is -2.29. The van der Waals surface area contributed by atoms with Crippen LogP contribution >= 0.6 is 15.9 Å². The standard InChI is InChI=1S/C10H9BrFNO2/c11-7-2-1-6-9(8(7)12)15-4-3-10(6,13)5-14/h1-4,14H,5,13H2. The molecule has 1 heterocycles. The first kappa shape index (κ1) is 10.6. The van der Waals surface area contributed by atoms with E-state index in [9.17, 15) is 9.50 Å². The summed E-state index contributed by atoms with van der Waals surface area (Å²) in [7, 11) is 0. The van der Waals surface area contributed by atoms with Crippen molar-refractivity contribution in [1.29, 1.82) is 0 Å².